The quantitative estimate of drug-likeness (QED) is 0.740. The van der Waals surface area contributed by atoms with E-state index in [0.717, 1.165) is 6.54 Å². The third kappa shape index (κ3) is 3.57. The van der Waals surface area contributed by atoms with Crippen molar-refractivity contribution in [3.05, 3.63) is 18.7 Å². The lowest BCUT2D eigenvalue weighted by atomic mass is 10.1. The van der Waals surface area contributed by atoms with Gasteiger partial charge in [0, 0.05) is 51.5 Å². The molecule has 0 aliphatic carbocycles. The summed E-state index contributed by atoms with van der Waals surface area (Å²) in [6, 6.07) is -0.404. The average molecular weight is 279 g/mol. The Balaban J connectivity index is 1.92. The van der Waals surface area contributed by atoms with Gasteiger partial charge in [0.05, 0.1) is 6.33 Å². The summed E-state index contributed by atoms with van der Waals surface area (Å²) in [6.45, 7) is 4.86. The molecule has 1 aromatic heterocycles. The van der Waals surface area contributed by atoms with Gasteiger partial charge in [-0.3, -0.25) is 9.59 Å². The number of imidazole rings is 1. The number of rotatable bonds is 5. The molecule has 0 aromatic carbocycles. The summed E-state index contributed by atoms with van der Waals surface area (Å²) in [4.78, 5) is 29.9. The van der Waals surface area contributed by atoms with E-state index in [1.807, 2.05) is 17.7 Å². The number of nitrogens with one attached hydrogen (secondary N) is 2. The Kier molecular flexibility index (Phi) is 5.11. The molecule has 0 spiro atoms. The number of carbonyl (C=O) groups is 2. The first-order chi connectivity index (χ1) is 9.72. The molecule has 7 nitrogen and oxygen atoms in total. The molecule has 110 valence electrons. The molecule has 20 heavy (non-hydrogen) atoms. The van der Waals surface area contributed by atoms with Gasteiger partial charge in [-0.25, -0.2) is 4.98 Å². The number of carbonyl (C=O) groups excluding carboxylic acids is 2. The Hall–Kier alpha value is -1.89. The first kappa shape index (κ1) is 14.5. The zero-order chi connectivity index (χ0) is 14.4. The van der Waals surface area contributed by atoms with Crippen LogP contribution in [0.2, 0.25) is 0 Å². The van der Waals surface area contributed by atoms with Crippen molar-refractivity contribution in [2.24, 2.45) is 0 Å². The second-order valence-corrected chi connectivity index (χ2v) is 4.75. The zero-order valence-electron chi connectivity index (χ0n) is 11.7. The Bertz CT molecular complexity index is 446. The van der Waals surface area contributed by atoms with E-state index in [0.29, 0.717) is 32.6 Å². The minimum Gasteiger partial charge on any atom is -0.355 e. The van der Waals surface area contributed by atoms with E-state index in [2.05, 4.69) is 15.6 Å². The Labute approximate surface area is 118 Å². The van der Waals surface area contributed by atoms with Crippen molar-refractivity contribution in [1.82, 2.24) is 25.1 Å². The fourth-order valence-corrected chi connectivity index (χ4v) is 2.32. The second kappa shape index (κ2) is 7.04. The molecule has 1 saturated heterocycles. The molecule has 2 amide bonds. The minimum absolute atomic E-state index is 0.0106. The normalized spacial score (nSPS) is 18.9. The summed E-state index contributed by atoms with van der Waals surface area (Å²) < 4.78 is 1.86. The summed E-state index contributed by atoms with van der Waals surface area (Å²) >= 11 is 0. The fraction of sp³-hybridized carbons (Fsp3) is 0.615. The number of nitrogens with zero attached hydrogens (tertiary/aromatic N) is 3. The summed E-state index contributed by atoms with van der Waals surface area (Å²) in [5, 5.41) is 5.94. The molecule has 1 aliphatic heterocycles. The third-order valence-electron chi connectivity index (χ3n) is 3.36. The van der Waals surface area contributed by atoms with Crippen molar-refractivity contribution in [3.8, 4) is 0 Å². The van der Waals surface area contributed by atoms with Crippen LogP contribution in [0, 0.1) is 0 Å². The van der Waals surface area contributed by atoms with Crippen molar-refractivity contribution < 1.29 is 9.59 Å². The maximum atomic E-state index is 12.3. The van der Waals surface area contributed by atoms with Gasteiger partial charge in [-0.05, 0) is 6.92 Å². The smallest absolute Gasteiger partial charge is 0.244 e. The minimum atomic E-state index is -0.404. The molecule has 2 N–H and O–H groups in total. The van der Waals surface area contributed by atoms with Gasteiger partial charge in [0.1, 0.15) is 6.04 Å². The van der Waals surface area contributed by atoms with Gasteiger partial charge >= 0.3 is 0 Å². The van der Waals surface area contributed by atoms with Crippen LogP contribution < -0.4 is 10.6 Å². The van der Waals surface area contributed by atoms with Crippen LogP contribution in [0.1, 0.15) is 13.3 Å². The second-order valence-electron chi connectivity index (χ2n) is 4.75. The Morgan fingerprint density at radius 2 is 2.35 bits per heavy atom. The van der Waals surface area contributed by atoms with Crippen LogP contribution >= 0.6 is 0 Å². The zero-order valence-corrected chi connectivity index (χ0v) is 11.7. The maximum absolute atomic E-state index is 12.3. The highest BCUT2D eigenvalue weighted by atomic mass is 16.2. The van der Waals surface area contributed by atoms with Gasteiger partial charge in [-0.2, -0.15) is 0 Å². The fourth-order valence-electron chi connectivity index (χ4n) is 2.32. The van der Waals surface area contributed by atoms with Gasteiger partial charge in [0.2, 0.25) is 11.8 Å². The summed E-state index contributed by atoms with van der Waals surface area (Å²) in [7, 11) is 0. The number of hydrogen-bond donors (Lipinski definition) is 2. The predicted octanol–water partition coefficient (Wildman–Crippen LogP) is -0.790. The number of aromatic nitrogens is 2. The summed E-state index contributed by atoms with van der Waals surface area (Å²) in [5.74, 6) is -0.0767. The van der Waals surface area contributed by atoms with Crippen LogP contribution in [0.3, 0.4) is 0 Å². The molecule has 0 radical (unpaired) electrons. The topological polar surface area (TPSA) is 79.3 Å². The lowest BCUT2D eigenvalue weighted by Gasteiger charge is -2.35. The third-order valence-corrected chi connectivity index (χ3v) is 3.36. The van der Waals surface area contributed by atoms with Crippen LogP contribution in [0.5, 0.6) is 0 Å². The molecule has 1 unspecified atom stereocenters. The van der Waals surface area contributed by atoms with E-state index in [1.54, 1.807) is 17.4 Å². The van der Waals surface area contributed by atoms with E-state index >= 15 is 0 Å². The van der Waals surface area contributed by atoms with E-state index in [9.17, 15) is 9.59 Å². The van der Waals surface area contributed by atoms with E-state index < -0.39 is 6.04 Å². The molecular formula is C13H21N5O2. The first-order valence-corrected chi connectivity index (χ1v) is 6.96. The molecule has 1 aromatic rings. The highest BCUT2D eigenvalue weighted by Crippen LogP contribution is 2.07. The van der Waals surface area contributed by atoms with Crippen LogP contribution in [0.15, 0.2) is 18.7 Å². The van der Waals surface area contributed by atoms with Crippen molar-refractivity contribution in [2.75, 3.05) is 26.2 Å². The number of aryl methyl sites for hydroxylation is 1. The number of amides is 2. The van der Waals surface area contributed by atoms with Crippen molar-refractivity contribution in [3.63, 3.8) is 0 Å². The molecule has 2 heterocycles. The highest BCUT2D eigenvalue weighted by molar-refractivity contribution is 5.88. The largest absolute Gasteiger partial charge is 0.355 e. The first-order valence-electron chi connectivity index (χ1n) is 6.96. The molecule has 1 atom stereocenters. The SMILES string of the molecule is CCNC(=O)C1CNCCN1C(=O)CCn1ccnc1. The van der Waals surface area contributed by atoms with Crippen LogP contribution in [-0.2, 0) is 16.1 Å². The molecule has 1 fully saturated rings. The van der Waals surface area contributed by atoms with Crippen LogP contribution in [0.4, 0.5) is 0 Å². The number of likely N-dealkylation sites (N-methyl/N-ethyl adjacent to an activating group) is 1. The Morgan fingerprint density at radius 1 is 1.50 bits per heavy atom. The molecule has 7 heteroatoms. The summed E-state index contributed by atoms with van der Waals surface area (Å²) in [6.07, 6.45) is 5.58. The van der Waals surface area contributed by atoms with Gasteiger partial charge in [0.25, 0.3) is 0 Å². The molecule has 2 rings (SSSR count). The monoisotopic (exact) mass is 279 g/mol. The average Bonchev–Trinajstić information content (AvgIpc) is 2.98. The van der Waals surface area contributed by atoms with Gasteiger partial charge in [-0.1, -0.05) is 0 Å². The van der Waals surface area contributed by atoms with E-state index in [-0.39, 0.29) is 11.8 Å². The molecule has 1 aliphatic rings. The molecule has 0 bridgehead atoms. The lowest BCUT2D eigenvalue weighted by molar-refractivity contribution is -0.141. The maximum Gasteiger partial charge on any atom is 0.244 e. The number of hydrogen-bond acceptors (Lipinski definition) is 4. The van der Waals surface area contributed by atoms with Crippen molar-refractivity contribution >= 4 is 11.8 Å². The van der Waals surface area contributed by atoms with Crippen molar-refractivity contribution in [2.45, 2.75) is 25.9 Å². The standard InChI is InChI=1S/C13H21N5O2/c1-2-16-13(20)11-9-14-5-8-18(11)12(19)3-6-17-7-4-15-10-17/h4,7,10-11,14H,2-3,5-6,8-9H2,1H3,(H,16,20). The highest BCUT2D eigenvalue weighted by Gasteiger charge is 2.31. The van der Waals surface area contributed by atoms with Crippen LogP contribution in [0.25, 0.3) is 0 Å². The molecule has 0 saturated carbocycles. The van der Waals surface area contributed by atoms with E-state index in [1.165, 1.54) is 0 Å². The van der Waals surface area contributed by atoms with Gasteiger partial charge < -0.3 is 20.1 Å². The summed E-state index contributed by atoms with van der Waals surface area (Å²) in [5.41, 5.74) is 0. The van der Waals surface area contributed by atoms with Gasteiger partial charge in [-0.15, -0.1) is 0 Å². The molecular weight excluding hydrogens is 258 g/mol. The Morgan fingerprint density at radius 3 is 3.05 bits per heavy atom. The van der Waals surface area contributed by atoms with Gasteiger partial charge in [0.15, 0.2) is 0 Å². The van der Waals surface area contributed by atoms with Crippen LogP contribution in [-0.4, -0.2) is 58.5 Å². The lowest BCUT2D eigenvalue weighted by Crippen LogP contribution is -2.59. The predicted molar refractivity (Wildman–Crippen MR) is 73.9 cm³/mol. The number of piperazine rings is 1. The van der Waals surface area contributed by atoms with E-state index in [4.69, 9.17) is 0 Å². The van der Waals surface area contributed by atoms with Crippen molar-refractivity contribution in [1.29, 1.82) is 0 Å².